The van der Waals surface area contributed by atoms with Crippen molar-refractivity contribution in [1.82, 2.24) is 4.90 Å². The van der Waals surface area contributed by atoms with E-state index in [0.717, 1.165) is 29.8 Å². The van der Waals surface area contributed by atoms with E-state index in [1.54, 1.807) is 0 Å². The minimum Gasteiger partial charge on any atom is -0.324 e. The normalized spacial score (nSPS) is 12.5. The van der Waals surface area contributed by atoms with Crippen LogP contribution in [0.4, 0.5) is 5.69 Å². The molecular weight excluding hydrogens is 236 g/mol. The van der Waals surface area contributed by atoms with E-state index in [4.69, 9.17) is 0 Å². The first-order chi connectivity index (χ1) is 8.99. The van der Waals surface area contributed by atoms with Crippen molar-refractivity contribution in [3.05, 3.63) is 29.3 Å². The number of aryl methyl sites for hydroxylation is 2. The topological polar surface area (TPSA) is 32.3 Å². The number of nitrogens with one attached hydrogen (secondary N) is 1. The molecule has 1 aromatic carbocycles. The highest BCUT2D eigenvalue weighted by Crippen LogP contribution is 2.19. The molecule has 0 aliphatic heterocycles. The summed E-state index contributed by atoms with van der Waals surface area (Å²) in [6, 6.07) is 6.50. The number of carbonyl (C=O) groups excluding carboxylic acids is 1. The number of amides is 1. The summed E-state index contributed by atoms with van der Waals surface area (Å²) in [5.74, 6) is 0.0690. The maximum atomic E-state index is 12.2. The van der Waals surface area contributed by atoms with E-state index in [1.807, 2.05) is 32.0 Å². The molecule has 106 valence electrons. The largest absolute Gasteiger partial charge is 0.324 e. The van der Waals surface area contributed by atoms with E-state index >= 15 is 0 Å². The zero-order chi connectivity index (χ0) is 14.4. The molecule has 1 amide bonds. The molecule has 1 N–H and O–H groups in total. The summed E-state index contributed by atoms with van der Waals surface area (Å²) in [4.78, 5) is 14.4. The highest BCUT2D eigenvalue weighted by Gasteiger charge is 2.15. The van der Waals surface area contributed by atoms with E-state index in [2.05, 4.69) is 31.0 Å². The minimum absolute atomic E-state index is 0.0690. The molecular formula is C16H26N2O. The molecule has 3 heteroatoms. The smallest absolute Gasteiger partial charge is 0.238 e. The summed E-state index contributed by atoms with van der Waals surface area (Å²) in [6.07, 6.45) is 1.06. The molecule has 1 atom stereocenters. The van der Waals surface area contributed by atoms with Gasteiger partial charge in [0.15, 0.2) is 0 Å². The Morgan fingerprint density at radius 3 is 2.32 bits per heavy atom. The van der Waals surface area contributed by atoms with Crippen LogP contribution in [0.25, 0.3) is 0 Å². The monoisotopic (exact) mass is 262 g/mol. The first-order valence-electron chi connectivity index (χ1n) is 7.09. The Bertz CT molecular complexity index is 409. The van der Waals surface area contributed by atoms with Gasteiger partial charge in [0.2, 0.25) is 5.91 Å². The van der Waals surface area contributed by atoms with Gasteiger partial charge in [0.25, 0.3) is 0 Å². The molecule has 0 saturated carbocycles. The SMILES string of the molecule is CCC(C)N(CC)CC(=O)Nc1c(C)cccc1C. The highest BCUT2D eigenvalue weighted by molar-refractivity contribution is 5.93. The molecule has 0 aromatic heterocycles. The molecule has 0 spiro atoms. The van der Waals surface area contributed by atoms with E-state index in [1.165, 1.54) is 0 Å². The standard InChI is InChI=1S/C16H26N2O/c1-6-14(5)18(7-2)11-15(19)17-16-12(3)9-8-10-13(16)4/h8-10,14H,6-7,11H2,1-5H3,(H,17,19). The number of rotatable bonds is 6. The van der Waals surface area contributed by atoms with Crippen LogP contribution in [0, 0.1) is 13.8 Å². The van der Waals surface area contributed by atoms with Crippen molar-refractivity contribution in [1.29, 1.82) is 0 Å². The lowest BCUT2D eigenvalue weighted by atomic mass is 10.1. The van der Waals surface area contributed by atoms with Crippen LogP contribution in [0.5, 0.6) is 0 Å². The summed E-state index contributed by atoms with van der Waals surface area (Å²) in [7, 11) is 0. The number of anilines is 1. The van der Waals surface area contributed by atoms with E-state index in [9.17, 15) is 4.79 Å². The number of benzene rings is 1. The fourth-order valence-corrected chi connectivity index (χ4v) is 2.21. The van der Waals surface area contributed by atoms with Gasteiger partial charge in [-0.15, -0.1) is 0 Å². The van der Waals surface area contributed by atoms with Gasteiger partial charge in [-0.2, -0.15) is 0 Å². The molecule has 0 aliphatic carbocycles. The van der Waals surface area contributed by atoms with Crippen LogP contribution in [0.2, 0.25) is 0 Å². The van der Waals surface area contributed by atoms with Crippen molar-refractivity contribution in [3.63, 3.8) is 0 Å². The Labute approximate surface area is 117 Å². The first-order valence-corrected chi connectivity index (χ1v) is 7.09. The number of hydrogen-bond acceptors (Lipinski definition) is 2. The van der Waals surface area contributed by atoms with Gasteiger partial charge < -0.3 is 5.32 Å². The molecule has 0 saturated heterocycles. The third-order valence-electron chi connectivity index (χ3n) is 3.71. The van der Waals surface area contributed by atoms with Crippen LogP contribution in [0.3, 0.4) is 0 Å². The Hall–Kier alpha value is -1.35. The zero-order valence-electron chi connectivity index (χ0n) is 12.8. The molecule has 1 aromatic rings. The van der Waals surface area contributed by atoms with Gasteiger partial charge in [-0.05, 0) is 44.9 Å². The maximum absolute atomic E-state index is 12.2. The van der Waals surface area contributed by atoms with Crippen LogP contribution in [0.15, 0.2) is 18.2 Å². The lowest BCUT2D eigenvalue weighted by molar-refractivity contribution is -0.117. The van der Waals surface area contributed by atoms with Gasteiger partial charge in [-0.3, -0.25) is 9.69 Å². The van der Waals surface area contributed by atoms with Crippen LogP contribution < -0.4 is 5.32 Å². The second-order valence-corrected chi connectivity index (χ2v) is 5.14. The Morgan fingerprint density at radius 1 is 1.26 bits per heavy atom. The van der Waals surface area contributed by atoms with Crippen molar-refractivity contribution in [2.24, 2.45) is 0 Å². The van der Waals surface area contributed by atoms with Gasteiger partial charge in [0.1, 0.15) is 0 Å². The first kappa shape index (κ1) is 15.7. The molecule has 0 aliphatic rings. The van der Waals surface area contributed by atoms with Crippen molar-refractivity contribution < 1.29 is 4.79 Å². The zero-order valence-corrected chi connectivity index (χ0v) is 12.8. The Balaban J connectivity index is 2.70. The highest BCUT2D eigenvalue weighted by atomic mass is 16.2. The third kappa shape index (κ3) is 4.35. The lowest BCUT2D eigenvalue weighted by Gasteiger charge is -2.26. The maximum Gasteiger partial charge on any atom is 0.238 e. The minimum atomic E-state index is 0.0690. The van der Waals surface area contributed by atoms with Crippen LogP contribution in [-0.4, -0.2) is 29.9 Å². The Kier molecular flexibility index (Phi) is 6.03. The molecule has 19 heavy (non-hydrogen) atoms. The predicted molar refractivity (Wildman–Crippen MR) is 81.5 cm³/mol. The van der Waals surface area contributed by atoms with E-state index < -0.39 is 0 Å². The van der Waals surface area contributed by atoms with Crippen molar-refractivity contribution in [3.8, 4) is 0 Å². The molecule has 0 heterocycles. The van der Waals surface area contributed by atoms with Gasteiger partial charge in [0.05, 0.1) is 6.54 Å². The Morgan fingerprint density at radius 2 is 1.84 bits per heavy atom. The molecule has 0 fully saturated rings. The fraction of sp³-hybridized carbons (Fsp3) is 0.562. The molecule has 0 bridgehead atoms. The fourth-order valence-electron chi connectivity index (χ4n) is 2.21. The molecule has 1 unspecified atom stereocenters. The van der Waals surface area contributed by atoms with Crippen LogP contribution >= 0.6 is 0 Å². The van der Waals surface area contributed by atoms with Gasteiger partial charge in [0, 0.05) is 11.7 Å². The van der Waals surface area contributed by atoms with E-state index in [-0.39, 0.29) is 5.91 Å². The number of nitrogens with zero attached hydrogens (tertiary/aromatic N) is 1. The number of carbonyl (C=O) groups is 1. The quantitative estimate of drug-likeness (QED) is 0.852. The van der Waals surface area contributed by atoms with Gasteiger partial charge in [-0.1, -0.05) is 32.0 Å². The second-order valence-electron chi connectivity index (χ2n) is 5.14. The predicted octanol–water partition coefficient (Wildman–Crippen LogP) is 3.36. The number of hydrogen-bond donors (Lipinski definition) is 1. The van der Waals surface area contributed by atoms with Crippen molar-refractivity contribution in [2.45, 2.75) is 47.1 Å². The molecule has 0 radical (unpaired) electrons. The van der Waals surface area contributed by atoms with Crippen molar-refractivity contribution >= 4 is 11.6 Å². The summed E-state index contributed by atoms with van der Waals surface area (Å²) in [5, 5.41) is 3.04. The second kappa shape index (κ2) is 7.29. The van der Waals surface area contributed by atoms with Gasteiger partial charge in [-0.25, -0.2) is 0 Å². The van der Waals surface area contributed by atoms with Crippen molar-refractivity contribution in [2.75, 3.05) is 18.4 Å². The average molecular weight is 262 g/mol. The van der Waals surface area contributed by atoms with Crippen LogP contribution in [0.1, 0.15) is 38.3 Å². The van der Waals surface area contributed by atoms with E-state index in [0.29, 0.717) is 12.6 Å². The van der Waals surface area contributed by atoms with Gasteiger partial charge >= 0.3 is 0 Å². The number of para-hydroxylation sites is 1. The number of likely N-dealkylation sites (N-methyl/N-ethyl adjacent to an activating group) is 1. The molecule has 1 rings (SSSR count). The summed E-state index contributed by atoms with van der Waals surface area (Å²) in [6.45, 7) is 11.8. The summed E-state index contributed by atoms with van der Waals surface area (Å²) >= 11 is 0. The molecule has 3 nitrogen and oxygen atoms in total. The summed E-state index contributed by atoms with van der Waals surface area (Å²) in [5.41, 5.74) is 3.17. The third-order valence-corrected chi connectivity index (χ3v) is 3.71. The average Bonchev–Trinajstić information content (AvgIpc) is 2.39. The summed E-state index contributed by atoms with van der Waals surface area (Å²) < 4.78 is 0. The van der Waals surface area contributed by atoms with Crippen LogP contribution in [-0.2, 0) is 4.79 Å². The lowest BCUT2D eigenvalue weighted by Crippen LogP contribution is -2.39.